The second kappa shape index (κ2) is 14.8. The summed E-state index contributed by atoms with van der Waals surface area (Å²) in [5, 5.41) is 14.8. The van der Waals surface area contributed by atoms with Gasteiger partial charge in [-0.3, -0.25) is 24.5 Å². The molecule has 0 aliphatic heterocycles. The highest BCUT2D eigenvalue weighted by Gasteiger charge is 2.30. The number of carbonyl (C=O) groups excluding carboxylic acids is 3. The number of nitrogens with one attached hydrogen (secondary N) is 2. The summed E-state index contributed by atoms with van der Waals surface area (Å²) in [6.07, 6.45) is -1.10. The van der Waals surface area contributed by atoms with Crippen molar-refractivity contribution in [3.8, 4) is 0 Å². The van der Waals surface area contributed by atoms with E-state index in [1.165, 1.54) is 7.11 Å². The number of carboxylic acids is 1. The summed E-state index contributed by atoms with van der Waals surface area (Å²) in [6.45, 7) is 4.48. The second-order valence-electron chi connectivity index (χ2n) is 9.75. The molecule has 2 unspecified atom stereocenters. The lowest BCUT2D eigenvalue weighted by Crippen LogP contribution is -2.55. The van der Waals surface area contributed by atoms with E-state index >= 15 is 0 Å². The van der Waals surface area contributed by atoms with Crippen molar-refractivity contribution in [3.05, 3.63) is 71.8 Å². The average Bonchev–Trinajstić information content (AvgIpc) is 2.87. The van der Waals surface area contributed by atoms with Gasteiger partial charge in [-0.25, -0.2) is 0 Å². The van der Waals surface area contributed by atoms with Crippen LogP contribution in [0.4, 0.5) is 0 Å². The van der Waals surface area contributed by atoms with Crippen LogP contribution in [0.25, 0.3) is 0 Å². The molecule has 3 N–H and O–H groups in total. The zero-order valence-corrected chi connectivity index (χ0v) is 22.1. The van der Waals surface area contributed by atoms with Crippen LogP contribution >= 0.6 is 0 Å². The third-order valence-electron chi connectivity index (χ3n) is 5.52. The quantitative estimate of drug-likeness (QED) is 0.249. The van der Waals surface area contributed by atoms with Gasteiger partial charge in [-0.2, -0.15) is 0 Å². The molecule has 10 nitrogen and oxygen atoms in total. The Hall–Kier alpha value is -3.76. The van der Waals surface area contributed by atoms with Gasteiger partial charge in [0.25, 0.3) is 0 Å². The van der Waals surface area contributed by atoms with Gasteiger partial charge in [0, 0.05) is 7.11 Å². The van der Waals surface area contributed by atoms with E-state index in [9.17, 15) is 19.2 Å². The van der Waals surface area contributed by atoms with Crippen molar-refractivity contribution in [1.82, 2.24) is 10.6 Å². The topological polar surface area (TPSA) is 140 Å². The van der Waals surface area contributed by atoms with Crippen molar-refractivity contribution < 1.29 is 38.5 Å². The lowest BCUT2D eigenvalue weighted by molar-refractivity contribution is -0.174. The van der Waals surface area contributed by atoms with E-state index in [1.54, 1.807) is 20.8 Å². The number of benzene rings is 2. The molecule has 0 fully saturated rings. The van der Waals surface area contributed by atoms with Crippen LogP contribution < -0.4 is 10.6 Å². The molecule has 38 heavy (non-hydrogen) atoms. The molecule has 2 aromatic carbocycles. The van der Waals surface area contributed by atoms with Gasteiger partial charge < -0.3 is 24.6 Å². The summed E-state index contributed by atoms with van der Waals surface area (Å²) < 4.78 is 15.4. The van der Waals surface area contributed by atoms with E-state index in [0.29, 0.717) is 0 Å². The summed E-state index contributed by atoms with van der Waals surface area (Å²) >= 11 is 0. The van der Waals surface area contributed by atoms with E-state index in [0.717, 1.165) is 11.1 Å². The molecule has 0 saturated carbocycles. The first-order valence-corrected chi connectivity index (χ1v) is 12.2. The van der Waals surface area contributed by atoms with Gasteiger partial charge in [0.15, 0.2) is 0 Å². The lowest BCUT2D eigenvalue weighted by atomic mass is 9.98. The van der Waals surface area contributed by atoms with Gasteiger partial charge >= 0.3 is 17.9 Å². The van der Waals surface area contributed by atoms with Crippen LogP contribution in [-0.4, -0.2) is 61.1 Å². The van der Waals surface area contributed by atoms with Crippen molar-refractivity contribution in [1.29, 1.82) is 0 Å². The third-order valence-corrected chi connectivity index (χ3v) is 5.52. The van der Waals surface area contributed by atoms with Crippen LogP contribution in [0, 0.1) is 5.41 Å². The molecule has 3 atom stereocenters. The van der Waals surface area contributed by atoms with Crippen LogP contribution in [0.5, 0.6) is 0 Å². The minimum Gasteiger partial charge on any atom is -0.481 e. The lowest BCUT2D eigenvalue weighted by Gasteiger charge is -2.26. The number of carbonyl (C=O) groups is 4. The Kier molecular flexibility index (Phi) is 11.9. The highest BCUT2D eigenvalue weighted by Crippen LogP contribution is 2.15. The van der Waals surface area contributed by atoms with E-state index in [4.69, 9.17) is 19.3 Å². The molecule has 206 valence electrons. The van der Waals surface area contributed by atoms with Crippen molar-refractivity contribution in [3.63, 3.8) is 0 Å². The highest BCUT2D eigenvalue weighted by atomic mass is 16.7. The average molecular weight is 529 g/mol. The fourth-order valence-electron chi connectivity index (χ4n) is 3.45. The molecule has 0 aromatic heterocycles. The normalized spacial score (nSPS) is 13.6. The minimum atomic E-state index is -1.14. The molecular weight excluding hydrogens is 492 g/mol. The number of hydrogen-bond acceptors (Lipinski definition) is 8. The van der Waals surface area contributed by atoms with Crippen LogP contribution in [0.1, 0.15) is 38.3 Å². The number of esters is 2. The van der Waals surface area contributed by atoms with Crippen LogP contribution in [-0.2, 0) is 46.2 Å². The summed E-state index contributed by atoms with van der Waals surface area (Å²) in [5.41, 5.74) is 0.868. The SMILES string of the molecule is COC(CC(=O)O)NC(=O)[C@H](Cc1ccccc1)NC(Cc1ccccc1)C(=O)OCOC(=O)C(C)(C)C. The summed E-state index contributed by atoms with van der Waals surface area (Å²) in [7, 11) is 1.29. The first kappa shape index (κ1) is 30.5. The summed E-state index contributed by atoms with van der Waals surface area (Å²) in [4.78, 5) is 49.6. The molecule has 0 heterocycles. The molecule has 1 amide bonds. The Morgan fingerprint density at radius 3 is 1.84 bits per heavy atom. The van der Waals surface area contributed by atoms with Gasteiger partial charge in [-0.05, 0) is 44.7 Å². The maximum absolute atomic E-state index is 13.3. The number of rotatable bonds is 14. The third kappa shape index (κ3) is 10.7. The van der Waals surface area contributed by atoms with Gasteiger partial charge in [0.1, 0.15) is 12.3 Å². The molecule has 2 aromatic rings. The Labute approximate surface area is 222 Å². The van der Waals surface area contributed by atoms with Gasteiger partial charge in [0.2, 0.25) is 12.7 Å². The van der Waals surface area contributed by atoms with E-state index in [-0.39, 0.29) is 12.8 Å². The zero-order chi connectivity index (χ0) is 28.1. The standard InChI is InChI=1S/C28H36N2O8/c1-28(2,3)27(35)38-18-37-26(34)22(16-20-13-9-6-10-14-20)29-21(15-19-11-7-5-8-12-19)25(33)30-23(36-4)17-24(31)32/h5-14,21-23,29H,15-18H2,1-4H3,(H,30,33)(H,31,32)/t21-,22?,23?/m0/s1. The maximum atomic E-state index is 13.3. The van der Waals surface area contributed by atoms with E-state index < -0.39 is 60.8 Å². The molecule has 0 spiro atoms. The second-order valence-corrected chi connectivity index (χ2v) is 9.75. The summed E-state index contributed by atoms with van der Waals surface area (Å²) in [6, 6.07) is 16.4. The van der Waals surface area contributed by atoms with E-state index in [1.807, 2.05) is 60.7 Å². The fraction of sp³-hybridized carbons (Fsp3) is 0.429. The van der Waals surface area contributed by atoms with Crippen LogP contribution in [0.3, 0.4) is 0 Å². The number of methoxy groups -OCH3 is 1. The van der Waals surface area contributed by atoms with Crippen molar-refractivity contribution in [2.24, 2.45) is 5.41 Å². The molecule has 0 radical (unpaired) electrons. The van der Waals surface area contributed by atoms with Gasteiger partial charge in [-0.1, -0.05) is 60.7 Å². The Bertz CT molecular complexity index is 1050. The Balaban J connectivity index is 2.25. The number of aliphatic carboxylic acids is 1. The van der Waals surface area contributed by atoms with Crippen molar-refractivity contribution in [2.45, 2.75) is 58.3 Å². The molecular formula is C28H36N2O8. The number of hydrogen-bond donors (Lipinski definition) is 3. The monoisotopic (exact) mass is 528 g/mol. The molecule has 0 saturated heterocycles. The van der Waals surface area contributed by atoms with Crippen molar-refractivity contribution >= 4 is 23.8 Å². The van der Waals surface area contributed by atoms with Gasteiger partial charge in [-0.15, -0.1) is 0 Å². The molecule has 2 rings (SSSR count). The minimum absolute atomic E-state index is 0.189. The smallest absolute Gasteiger partial charge is 0.326 e. The largest absolute Gasteiger partial charge is 0.481 e. The van der Waals surface area contributed by atoms with Crippen LogP contribution in [0.2, 0.25) is 0 Å². The van der Waals surface area contributed by atoms with Crippen LogP contribution in [0.15, 0.2) is 60.7 Å². The Morgan fingerprint density at radius 2 is 1.37 bits per heavy atom. The molecule has 0 aliphatic rings. The predicted octanol–water partition coefficient (Wildman–Crippen LogP) is 2.45. The highest BCUT2D eigenvalue weighted by molar-refractivity contribution is 5.84. The number of amides is 1. The van der Waals surface area contributed by atoms with Crippen molar-refractivity contribution in [2.75, 3.05) is 13.9 Å². The number of ether oxygens (including phenoxy) is 3. The molecule has 0 bridgehead atoms. The summed E-state index contributed by atoms with van der Waals surface area (Å²) in [5.74, 6) is -2.93. The van der Waals surface area contributed by atoms with E-state index in [2.05, 4.69) is 10.6 Å². The maximum Gasteiger partial charge on any atom is 0.326 e. The predicted molar refractivity (Wildman–Crippen MR) is 139 cm³/mol. The van der Waals surface area contributed by atoms with Gasteiger partial charge in [0.05, 0.1) is 17.9 Å². The molecule has 0 aliphatic carbocycles. The zero-order valence-electron chi connectivity index (χ0n) is 22.1. The first-order chi connectivity index (χ1) is 18.0. The molecule has 10 heteroatoms. The fourth-order valence-corrected chi connectivity index (χ4v) is 3.45. The Morgan fingerprint density at radius 1 is 0.842 bits per heavy atom. The number of carboxylic acid groups (broad SMARTS) is 1. The first-order valence-electron chi connectivity index (χ1n) is 12.2.